The van der Waals surface area contributed by atoms with Gasteiger partial charge in [0, 0.05) is 30.8 Å². The zero-order valence-electron chi connectivity index (χ0n) is 38.2. The molecule has 6 aliphatic carbocycles. The molecule has 7 heteroatoms. The lowest BCUT2D eigenvalue weighted by atomic mass is 9.34. The molecular weight excluding hydrogens is 731 g/mol. The molecule has 1 aromatic rings. The molecule has 1 aromatic carbocycles. The number of carbonyl (C=O) groups is 2. The molecule has 10 unspecified atom stereocenters. The van der Waals surface area contributed by atoms with E-state index in [0.717, 1.165) is 68.7 Å². The Labute approximate surface area is 356 Å². The number of fused-ring (bicyclic) bond motifs is 7. The van der Waals surface area contributed by atoms with Crippen LogP contribution in [0.4, 0.5) is 0 Å². The SMILES string of the molecule is CCCC12CCC3C4(C)CCC(OCCC(C)(C)C(=O)O)C(C)C4CCC3(C)C1CCC1(C3=NN=C(c4ccc(C5CC5)cc4)CC3CCNC)CC(=O)C(C(C)C)=C12. The van der Waals surface area contributed by atoms with Crippen molar-refractivity contribution in [2.75, 3.05) is 20.2 Å². The average molecular weight is 808 g/mol. The lowest BCUT2D eigenvalue weighted by Gasteiger charge is -2.70. The summed E-state index contributed by atoms with van der Waals surface area (Å²) in [4.78, 5) is 26.6. The topological polar surface area (TPSA) is 100 Å². The molecule has 324 valence electrons. The molecule has 0 radical (unpaired) electrons. The fraction of sp³-hybridized carbons (Fsp3) is 0.769. The maximum atomic E-state index is 14.8. The van der Waals surface area contributed by atoms with Crippen molar-refractivity contribution in [3.05, 3.63) is 46.5 Å². The van der Waals surface area contributed by atoms with E-state index in [0.29, 0.717) is 48.9 Å². The first-order valence-corrected chi connectivity index (χ1v) is 24.1. The van der Waals surface area contributed by atoms with Gasteiger partial charge in [-0.25, -0.2) is 0 Å². The molecule has 7 aliphatic rings. The van der Waals surface area contributed by atoms with Gasteiger partial charge in [-0.1, -0.05) is 72.2 Å². The van der Waals surface area contributed by atoms with E-state index in [4.69, 9.17) is 14.9 Å². The average Bonchev–Trinajstić information content (AvgIpc) is 3.99. The summed E-state index contributed by atoms with van der Waals surface area (Å²) in [6, 6.07) is 9.18. The van der Waals surface area contributed by atoms with Gasteiger partial charge in [0.15, 0.2) is 5.78 Å². The van der Waals surface area contributed by atoms with Gasteiger partial charge in [0.25, 0.3) is 0 Å². The lowest BCUT2D eigenvalue weighted by molar-refractivity contribution is -0.202. The second-order valence-corrected chi connectivity index (χ2v) is 22.3. The molecule has 0 spiro atoms. The highest BCUT2D eigenvalue weighted by Crippen LogP contribution is 2.76. The van der Waals surface area contributed by atoms with Gasteiger partial charge in [0.1, 0.15) is 0 Å². The van der Waals surface area contributed by atoms with Crippen LogP contribution in [0.15, 0.2) is 45.6 Å². The molecule has 2 N–H and O–H groups in total. The zero-order chi connectivity index (χ0) is 42.1. The highest BCUT2D eigenvalue weighted by atomic mass is 16.5. The van der Waals surface area contributed by atoms with Gasteiger partial charge in [-0.15, -0.1) is 0 Å². The molecule has 0 saturated heterocycles. The minimum Gasteiger partial charge on any atom is -0.481 e. The van der Waals surface area contributed by atoms with E-state index in [2.05, 4.69) is 78.2 Å². The summed E-state index contributed by atoms with van der Waals surface area (Å²) >= 11 is 0. The fourth-order valence-electron chi connectivity index (χ4n) is 15.4. The van der Waals surface area contributed by atoms with E-state index >= 15 is 0 Å². The van der Waals surface area contributed by atoms with Crippen LogP contribution in [-0.4, -0.2) is 54.6 Å². The number of carboxylic acid groups (broad SMARTS) is 1. The molecule has 5 saturated carbocycles. The normalized spacial score (nSPS) is 38.3. The number of Topliss-reactive ketones (excluding diaryl/α,β-unsaturated/α-hetero) is 1. The fourth-order valence-corrected chi connectivity index (χ4v) is 15.4. The molecule has 59 heavy (non-hydrogen) atoms. The van der Waals surface area contributed by atoms with Gasteiger partial charge in [0.2, 0.25) is 0 Å². The number of aliphatic carboxylic acids is 1. The zero-order valence-corrected chi connectivity index (χ0v) is 38.2. The third-order valence-corrected chi connectivity index (χ3v) is 18.4. The Bertz CT molecular complexity index is 1870. The first-order chi connectivity index (χ1) is 28.1. The van der Waals surface area contributed by atoms with Crippen molar-refractivity contribution in [3.63, 3.8) is 0 Å². The largest absolute Gasteiger partial charge is 0.481 e. The maximum absolute atomic E-state index is 14.8. The maximum Gasteiger partial charge on any atom is 0.309 e. The van der Waals surface area contributed by atoms with Crippen LogP contribution in [0.2, 0.25) is 0 Å². The van der Waals surface area contributed by atoms with Crippen LogP contribution in [0.5, 0.6) is 0 Å². The Morgan fingerprint density at radius 2 is 1.68 bits per heavy atom. The Morgan fingerprint density at radius 3 is 2.34 bits per heavy atom. The number of hydrogen-bond donors (Lipinski definition) is 2. The second-order valence-electron chi connectivity index (χ2n) is 22.3. The van der Waals surface area contributed by atoms with Gasteiger partial charge < -0.3 is 15.2 Å². The number of benzene rings is 1. The van der Waals surface area contributed by atoms with E-state index in [9.17, 15) is 14.7 Å². The van der Waals surface area contributed by atoms with Crippen molar-refractivity contribution in [1.29, 1.82) is 0 Å². The molecule has 0 bridgehead atoms. The van der Waals surface area contributed by atoms with Crippen LogP contribution >= 0.6 is 0 Å². The molecule has 7 nitrogen and oxygen atoms in total. The van der Waals surface area contributed by atoms with Crippen molar-refractivity contribution in [1.82, 2.24) is 5.32 Å². The van der Waals surface area contributed by atoms with E-state index in [-0.39, 0.29) is 39.6 Å². The molecule has 1 heterocycles. The highest BCUT2D eigenvalue weighted by molar-refractivity contribution is 6.12. The summed E-state index contributed by atoms with van der Waals surface area (Å²) in [6.45, 7) is 19.8. The van der Waals surface area contributed by atoms with E-state index in [1.165, 1.54) is 67.4 Å². The minimum absolute atomic E-state index is 0.00517. The van der Waals surface area contributed by atoms with Crippen LogP contribution in [0.25, 0.3) is 0 Å². The van der Waals surface area contributed by atoms with Crippen LogP contribution < -0.4 is 5.32 Å². The number of hydrogen-bond acceptors (Lipinski definition) is 6. The first kappa shape index (κ1) is 43.0. The number of allylic oxidation sites excluding steroid dienone is 2. The molecule has 0 aromatic heterocycles. The van der Waals surface area contributed by atoms with Gasteiger partial charge in [0.05, 0.1) is 22.9 Å². The smallest absolute Gasteiger partial charge is 0.309 e. The predicted octanol–water partition coefficient (Wildman–Crippen LogP) is 11.6. The number of ether oxygens (including phenoxy) is 1. The molecule has 0 amide bonds. The quantitative estimate of drug-likeness (QED) is 0.195. The van der Waals surface area contributed by atoms with Crippen molar-refractivity contribution >= 4 is 23.2 Å². The van der Waals surface area contributed by atoms with Gasteiger partial charge in [-0.2, -0.15) is 10.2 Å². The van der Waals surface area contributed by atoms with E-state index < -0.39 is 11.4 Å². The third kappa shape index (κ3) is 7.07. The number of nitrogens with zero attached hydrogens (tertiary/aromatic N) is 2. The van der Waals surface area contributed by atoms with Crippen LogP contribution in [0.3, 0.4) is 0 Å². The van der Waals surface area contributed by atoms with Crippen molar-refractivity contribution in [2.45, 2.75) is 170 Å². The Kier molecular flexibility index (Phi) is 11.6. The minimum atomic E-state index is -0.770. The van der Waals surface area contributed by atoms with Gasteiger partial charge in [-0.05, 0) is 185 Å². The summed E-state index contributed by atoms with van der Waals surface area (Å²) < 4.78 is 6.59. The molecular formula is C52H77N3O4. The van der Waals surface area contributed by atoms with Crippen LogP contribution in [-0.2, 0) is 14.3 Å². The van der Waals surface area contributed by atoms with E-state index in [1.54, 1.807) is 0 Å². The first-order valence-electron chi connectivity index (χ1n) is 24.1. The summed E-state index contributed by atoms with van der Waals surface area (Å²) in [5, 5.41) is 23.7. The Morgan fingerprint density at radius 1 is 0.966 bits per heavy atom. The van der Waals surface area contributed by atoms with Gasteiger partial charge >= 0.3 is 5.97 Å². The van der Waals surface area contributed by atoms with Crippen molar-refractivity contribution in [3.8, 4) is 0 Å². The number of rotatable bonds is 14. The predicted molar refractivity (Wildman–Crippen MR) is 239 cm³/mol. The van der Waals surface area contributed by atoms with Crippen LogP contribution in [0.1, 0.15) is 175 Å². The van der Waals surface area contributed by atoms with Crippen molar-refractivity contribution in [2.24, 2.45) is 72.8 Å². The Hall–Kier alpha value is -2.64. The van der Waals surface area contributed by atoms with Crippen molar-refractivity contribution < 1.29 is 19.4 Å². The lowest BCUT2D eigenvalue weighted by Crippen LogP contribution is -2.64. The number of ketones is 1. The Balaban J connectivity index is 1.13. The molecule has 8 rings (SSSR count). The van der Waals surface area contributed by atoms with E-state index in [1.807, 2.05) is 13.8 Å². The van der Waals surface area contributed by atoms with Gasteiger partial charge in [-0.3, -0.25) is 9.59 Å². The summed E-state index contributed by atoms with van der Waals surface area (Å²) in [6.07, 6.45) is 17.3. The highest BCUT2D eigenvalue weighted by Gasteiger charge is 2.70. The summed E-state index contributed by atoms with van der Waals surface area (Å²) in [5.74, 6) is 3.04. The summed E-state index contributed by atoms with van der Waals surface area (Å²) in [5.41, 5.74) is 6.99. The number of carbonyl (C=O) groups excluding carboxylic acids is 1. The summed E-state index contributed by atoms with van der Waals surface area (Å²) in [7, 11) is 2.06. The number of nitrogens with one attached hydrogen (secondary N) is 1. The molecule has 1 aliphatic heterocycles. The third-order valence-electron chi connectivity index (χ3n) is 18.4. The molecule has 5 fully saturated rings. The number of carboxylic acids is 1. The molecule has 10 atom stereocenters. The van der Waals surface area contributed by atoms with Crippen LogP contribution in [0, 0.1) is 62.6 Å². The standard InChI is InChI=1S/C52H77N3O4/c1-10-22-51-25-19-42-49(7)24-18-41(59-29-27-48(5,6)47(57)58)33(4)38(49)17-23-50(42,8)43(51)20-26-52(31-40(56)44(32(2)3)45(51)52)46-37(21-28-53-9)30-39(54-55-46)36-15-13-35(14-16-36)34-11-12-34/h13-16,32-34,37-38,41-43,53H,10-12,17-31H2,1-9H3,(H,57,58). The monoisotopic (exact) mass is 808 g/mol. The second kappa shape index (κ2) is 15.9.